The highest BCUT2D eigenvalue weighted by molar-refractivity contribution is 7.89. The van der Waals surface area contributed by atoms with E-state index in [9.17, 15) is 13.2 Å². The van der Waals surface area contributed by atoms with E-state index in [4.69, 9.17) is 4.74 Å². The highest BCUT2D eigenvalue weighted by atomic mass is 32.2. The van der Waals surface area contributed by atoms with Gasteiger partial charge in [-0.2, -0.15) is 4.31 Å². The maximum atomic E-state index is 12.6. The van der Waals surface area contributed by atoms with Crippen molar-refractivity contribution in [1.29, 1.82) is 0 Å². The Hall–Kier alpha value is -1.40. The Labute approximate surface area is 126 Å². The molecule has 1 fully saturated rings. The number of carbonyl (C=O) groups excluding carboxylic acids is 1. The average Bonchev–Trinajstić information content (AvgIpc) is 2.47. The molecule has 0 aliphatic carbocycles. The van der Waals surface area contributed by atoms with Gasteiger partial charge in [-0.15, -0.1) is 0 Å². The molecule has 6 heteroatoms. The van der Waals surface area contributed by atoms with Crippen LogP contribution in [0.4, 0.5) is 0 Å². The SMILES string of the molecule is COC(=O)c1cc(S(=O)(=O)N2CCC(C)CC2)ccc1C. The zero-order chi connectivity index (χ0) is 15.6. The summed E-state index contributed by atoms with van der Waals surface area (Å²) in [6.45, 7) is 4.95. The van der Waals surface area contributed by atoms with Crippen LogP contribution < -0.4 is 0 Å². The lowest BCUT2D eigenvalue weighted by Gasteiger charge is -2.29. The van der Waals surface area contributed by atoms with Crippen LogP contribution in [0.5, 0.6) is 0 Å². The van der Waals surface area contributed by atoms with E-state index in [-0.39, 0.29) is 4.90 Å². The minimum atomic E-state index is -3.54. The first-order chi connectivity index (χ1) is 9.86. The van der Waals surface area contributed by atoms with Gasteiger partial charge in [0.05, 0.1) is 17.6 Å². The molecule has 0 N–H and O–H groups in total. The summed E-state index contributed by atoms with van der Waals surface area (Å²) in [7, 11) is -2.25. The predicted molar refractivity (Wildman–Crippen MR) is 79.7 cm³/mol. The van der Waals surface area contributed by atoms with Crippen LogP contribution in [-0.2, 0) is 14.8 Å². The van der Waals surface area contributed by atoms with E-state index in [0.29, 0.717) is 30.1 Å². The molecule has 1 saturated heterocycles. The largest absolute Gasteiger partial charge is 0.465 e. The van der Waals surface area contributed by atoms with Crippen LogP contribution in [0, 0.1) is 12.8 Å². The zero-order valence-electron chi connectivity index (χ0n) is 12.6. The Morgan fingerprint density at radius 3 is 2.48 bits per heavy atom. The van der Waals surface area contributed by atoms with Gasteiger partial charge in [0.1, 0.15) is 0 Å². The van der Waals surface area contributed by atoms with E-state index in [1.165, 1.54) is 17.5 Å². The second-order valence-electron chi connectivity index (χ2n) is 5.55. The standard InChI is InChI=1S/C15H21NO4S/c1-11-6-8-16(9-7-11)21(18,19)13-5-4-12(2)14(10-13)15(17)20-3/h4-5,10-11H,6-9H2,1-3H3. The number of aryl methyl sites for hydroxylation is 1. The number of carbonyl (C=O) groups is 1. The van der Waals surface area contributed by atoms with Gasteiger partial charge in [-0.3, -0.25) is 0 Å². The van der Waals surface area contributed by atoms with Crippen molar-refractivity contribution in [2.75, 3.05) is 20.2 Å². The van der Waals surface area contributed by atoms with Crippen molar-refractivity contribution in [3.05, 3.63) is 29.3 Å². The maximum Gasteiger partial charge on any atom is 0.338 e. The van der Waals surface area contributed by atoms with E-state index in [2.05, 4.69) is 6.92 Å². The van der Waals surface area contributed by atoms with Crippen molar-refractivity contribution >= 4 is 16.0 Å². The van der Waals surface area contributed by atoms with Crippen LogP contribution in [0.15, 0.2) is 23.1 Å². The second-order valence-corrected chi connectivity index (χ2v) is 7.49. The first-order valence-corrected chi connectivity index (χ1v) is 8.49. The molecule has 5 nitrogen and oxygen atoms in total. The third kappa shape index (κ3) is 3.27. The molecular weight excluding hydrogens is 290 g/mol. The van der Waals surface area contributed by atoms with E-state index in [1.807, 2.05) is 0 Å². The Kier molecular flexibility index (Phi) is 4.68. The molecule has 0 radical (unpaired) electrons. The fourth-order valence-corrected chi connectivity index (χ4v) is 3.96. The molecule has 1 aromatic carbocycles. The van der Waals surface area contributed by atoms with Gasteiger partial charge < -0.3 is 4.74 Å². The molecule has 116 valence electrons. The van der Waals surface area contributed by atoms with E-state index >= 15 is 0 Å². The normalized spacial score (nSPS) is 17.7. The minimum Gasteiger partial charge on any atom is -0.465 e. The predicted octanol–water partition coefficient (Wildman–Crippen LogP) is 2.20. The number of piperidine rings is 1. The number of benzene rings is 1. The smallest absolute Gasteiger partial charge is 0.338 e. The van der Waals surface area contributed by atoms with Gasteiger partial charge in [0.2, 0.25) is 10.0 Å². The first kappa shape index (κ1) is 16.0. The number of methoxy groups -OCH3 is 1. The molecule has 0 bridgehead atoms. The number of ether oxygens (including phenoxy) is 1. The van der Waals surface area contributed by atoms with Crippen LogP contribution in [0.25, 0.3) is 0 Å². The van der Waals surface area contributed by atoms with Crippen LogP contribution >= 0.6 is 0 Å². The average molecular weight is 311 g/mol. The van der Waals surface area contributed by atoms with Crippen LogP contribution in [0.3, 0.4) is 0 Å². The topological polar surface area (TPSA) is 63.7 Å². The summed E-state index contributed by atoms with van der Waals surface area (Å²) in [6.07, 6.45) is 1.74. The molecule has 0 spiro atoms. The Morgan fingerprint density at radius 1 is 1.29 bits per heavy atom. The fraction of sp³-hybridized carbons (Fsp3) is 0.533. The number of hydrogen-bond donors (Lipinski definition) is 0. The van der Waals surface area contributed by atoms with Gasteiger partial charge in [0.15, 0.2) is 0 Å². The highest BCUT2D eigenvalue weighted by Crippen LogP contribution is 2.25. The van der Waals surface area contributed by atoms with Gasteiger partial charge in [0, 0.05) is 13.1 Å². The number of rotatable bonds is 3. The van der Waals surface area contributed by atoms with Crippen molar-refractivity contribution in [3.8, 4) is 0 Å². The summed E-state index contributed by atoms with van der Waals surface area (Å²) in [6, 6.07) is 4.61. The first-order valence-electron chi connectivity index (χ1n) is 7.05. The maximum absolute atomic E-state index is 12.6. The number of sulfonamides is 1. The molecule has 1 aliphatic rings. The van der Waals surface area contributed by atoms with Gasteiger partial charge in [-0.25, -0.2) is 13.2 Å². The molecular formula is C15H21NO4S. The number of esters is 1. The summed E-state index contributed by atoms with van der Waals surface area (Å²) in [4.78, 5) is 11.9. The van der Waals surface area contributed by atoms with Gasteiger partial charge >= 0.3 is 5.97 Å². The summed E-state index contributed by atoms with van der Waals surface area (Å²) < 4.78 is 31.5. The Morgan fingerprint density at radius 2 is 1.90 bits per heavy atom. The number of nitrogens with zero attached hydrogens (tertiary/aromatic N) is 1. The Balaban J connectivity index is 2.34. The third-order valence-electron chi connectivity index (χ3n) is 3.99. The molecule has 0 unspecified atom stereocenters. The van der Waals surface area contributed by atoms with Crippen LogP contribution in [0.1, 0.15) is 35.7 Å². The fourth-order valence-electron chi connectivity index (χ4n) is 2.47. The zero-order valence-corrected chi connectivity index (χ0v) is 13.4. The molecule has 1 heterocycles. The monoisotopic (exact) mass is 311 g/mol. The molecule has 0 amide bonds. The molecule has 0 saturated carbocycles. The molecule has 0 aromatic heterocycles. The van der Waals surface area contributed by atoms with Crippen LogP contribution in [-0.4, -0.2) is 38.9 Å². The van der Waals surface area contributed by atoms with Gasteiger partial charge in [-0.05, 0) is 43.4 Å². The molecule has 1 aromatic rings. The van der Waals surface area contributed by atoms with Gasteiger partial charge in [-0.1, -0.05) is 13.0 Å². The van der Waals surface area contributed by atoms with E-state index in [1.54, 1.807) is 19.1 Å². The van der Waals surface area contributed by atoms with Gasteiger partial charge in [0.25, 0.3) is 0 Å². The third-order valence-corrected chi connectivity index (χ3v) is 5.89. The minimum absolute atomic E-state index is 0.156. The highest BCUT2D eigenvalue weighted by Gasteiger charge is 2.28. The van der Waals surface area contributed by atoms with Crippen molar-refractivity contribution in [2.24, 2.45) is 5.92 Å². The van der Waals surface area contributed by atoms with E-state index < -0.39 is 16.0 Å². The van der Waals surface area contributed by atoms with E-state index in [0.717, 1.165) is 12.8 Å². The van der Waals surface area contributed by atoms with Crippen molar-refractivity contribution in [1.82, 2.24) is 4.31 Å². The van der Waals surface area contributed by atoms with Crippen LogP contribution in [0.2, 0.25) is 0 Å². The number of hydrogen-bond acceptors (Lipinski definition) is 4. The molecule has 2 rings (SSSR count). The van der Waals surface area contributed by atoms with Crippen molar-refractivity contribution in [3.63, 3.8) is 0 Å². The lowest BCUT2D eigenvalue weighted by molar-refractivity contribution is 0.0599. The lowest BCUT2D eigenvalue weighted by Crippen LogP contribution is -2.37. The summed E-state index contributed by atoms with van der Waals surface area (Å²) in [5.41, 5.74) is 0.997. The quantitative estimate of drug-likeness (QED) is 0.803. The molecule has 1 aliphatic heterocycles. The summed E-state index contributed by atoms with van der Waals surface area (Å²) >= 11 is 0. The Bertz CT molecular complexity index is 631. The molecule has 21 heavy (non-hydrogen) atoms. The van der Waals surface area contributed by atoms with Crippen molar-refractivity contribution < 1.29 is 17.9 Å². The van der Waals surface area contributed by atoms with Crippen molar-refractivity contribution in [2.45, 2.75) is 31.6 Å². The summed E-state index contributed by atoms with van der Waals surface area (Å²) in [5.74, 6) is 0.0388. The lowest BCUT2D eigenvalue weighted by atomic mass is 10.0. The molecule has 0 atom stereocenters. The second kappa shape index (κ2) is 6.15. The summed E-state index contributed by atoms with van der Waals surface area (Å²) in [5, 5.41) is 0.